The fourth-order valence-electron chi connectivity index (χ4n) is 2.97. The minimum atomic E-state index is -0.195. The van der Waals surface area contributed by atoms with Gasteiger partial charge in [0.05, 0.1) is 17.6 Å². The van der Waals surface area contributed by atoms with Crippen molar-refractivity contribution in [1.82, 2.24) is 4.98 Å². The lowest BCUT2D eigenvalue weighted by Crippen LogP contribution is -2.42. The van der Waals surface area contributed by atoms with Gasteiger partial charge in [-0.25, -0.2) is 4.98 Å². The van der Waals surface area contributed by atoms with Crippen LogP contribution >= 0.6 is 0 Å². The van der Waals surface area contributed by atoms with E-state index in [0.29, 0.717) is 23.8 Å². The zero-order chi connectivity index (χ0) is 17.9. The molecule has 2 amide bonds. The summed E-state index contributed by atoms with van der Waals surface area (Å²) in [4.78, 5) is 30.2. The molecule has 0 aliphatic carbocycles. The number of carbonyl (C=O) groups is 2. The van der Waals surface area contributed by atoms with Crippen molar-refractivity contribution in [1.29, 1.82) is 0 Å². The molecule has 0 fully saturated rings. The predicted octanol–water partition coefficient (Wildman–Crippen LogP) is 3.26. The minimum Gasteiger partial charge on any atom is -0.441 e. The second kappa shape index (κ2) is 6.84. The molecule has 6 heteroatoms. The molecule has 1 N–H and O–H groups in total. The fourth-order valence-corrected chi connectivity index (χ4v) is 2.97. The van der Waals surface area contributed by atoms with Crippen LogP contribution in [0.4, 0.5) is 11.4 Å². The van der Waals surface area contributed by atoms with Crippen molar-refractivity contribution in [3.05, 3.63) is 66.7 Å². The number of oxazole rings is 1. The zero-order valence-corrected chi connectivity index (χ0v) is 14.0. The molecule has 1 aliphatic rings. The molecular formula is C20H17N3O3. The number of benzene rings is 2. The molecule has 2 heterocycles. The number of fused-ring (bicyclic) bond motifs is 1. The third-order valence-corrected chi connectivity index (χ3v) is 4.24. The van der Waals surface area contributed by atoms with Crippen molar-refractivity contribution in [2.75, 3.05) is 16.8 Å². The van der Waals surface area contributed by atoms with Crippen molar-refractivity contribution < 1.29 is 14.0 Å². The van der Waals surface area contributed by atoms with Crippen LogP contribution in [0.25, 0.3) is 11.3 Å². The van der Waals surface area contributed by atoms with Crippen molar-refractivity contribution in [2.24, 2.45) is 0 Å². The summed E-state index contributed by atoms with van der Waals surface area (Å²) in [5, 5.41) is 2.78. The topological polar surface area (TPSA) is 75.4 Å². The Balaban J connectivity index is 1.45. The smallest absolute Gasteiger partial charge is 0.244 e. The van der Waals surface area contributed by atoms with Gasteiger partial charge < -0.3 is 14.6 Å². The first kappa shape index (κ1) is 16.1. The van der Waals surface area contributed by atoms with E-state index in [-0.39, 0.29) is 24.8 Å². The molecule has 3 aromatic rings. The van der Waals surface area contributed by atoms with E-state index in [2.05, 4.69) is 10.3 Å². The molecular weight excluding hydrogens is 330 g/mol. The van der Waals surface area contributed by atoms with Gasteiger partial charge in [-0.2, -0.15) is 0 Å². The molecule has 1 aromatic heterocycles. The molecule has 0 saturated carbocycles. The van der Waals surface area contributed by atoms with Gasteiger partial charge in [-0.15, -0.1) is 0 Å². The molecule has 0 bridgehead atoms. The van der Waals surface area contributed by atoms with Crippen LogP contribution in [-0.4, -0.2) is 23.3 Å². The fraction of sp³-hybridized carbons (Fsp3) is 0.150. The normalized spacial score (nSPS) is 13.2. The van der Waals surface area contributed by atoms with Crippen molar-refractivity contribution >= 4 is 23.2 Å². The summed E-state index contributed by atoms with van der Waals surface area (Å²) in [6.45, 7) is 0.0245. The Morgan fingerprint density at radius 2 is 1.88 bits per heavy atom. The van der Waals surface area contributed by atoms with Crippen LogP contribution in [0.15, 0.2) is 65.2 Å². The molecule has 130 valence electrons. The number of amides is 2. The van der Waals surface area contributed by atoms with E-state index in [1.54, 1.807) is 12.3 Å². The van der Waals surface area contributed by atoms with Crippen LogP contribution < -0.4 is 10.2 Å². The van der Waals surface area contributed by atoms with E-state index >= 15 is 0 Å². The number of hydrogen-bond acceptors (Lipinski definition) is 4. The lowest BCUT2D eigenvalue weighted by Gasteiger charge is -2.29. The van der Waals surface area contributed by atoms with Crippen LogP contribution in [0.2, 0.25) is 0 Å². The lowest BCUT2D eigenvalue weighted by molar-refractivity contribution is -0.121. The van der Waals surface area contributed by atoms with Crippen LogP contribution in [0, 0.1) is 0 Å². The number of aryl methyl sites for hydroxylation is 1. The number of nitrogens with zero attached hydrogens (tertiary/aromatic N) is 2. The van der Waals surface area contributed by atoms with Gasteiger partial charge in [0.15, 0.2) is 11.7 Å². The highest BCUT2D eigenvalue weighted by atomic mass is 16.4. The van der Waals surface area contributed by atoms with E-state index in [9.17, 15) is 9.59 Å². The van der Waals surface area contributed by atoms with Crippen LogP contribution in [0.5, 0.6) is 0 Å². The van der Waals surface area contributed by atoms with Crippen molar-refractivity contribution in [3.8, 4) is 11.3 Å². The van der Waals surface area contributed by atoms with Gasteiger partial charge in [0, 0.05) is 18.4 Å². The Morgan fingerprint density at radius 1 is 1.12 bits per heavy atom. The molecule has 0 saturated heterocycles. The summed E-state index contributed by atoms with van der Waals surface area (Å²) >= 11 is 0. The summed E-state index contributed by atoms with van der Waals surface area (Å²) < 4.78 is 5.74. The Labute approximate surface area is 150 Å². The monoisotopic (exact) mass is 347 g/mol. The second-order valence-electron chi connectivity index (χ2n) is 6.03. The molecule has 26 heavy (non-hydrogen) atoms. The summed E-state index contributed by atoms with van der Waals surface area (Å²) in [5.41, 5.74) is 2.31. The highest BCUT2D eigenvalue weighted by Crippen LogP contribution is 2.29. The van der Waals surface area contributed by atoms with Crippen LogP contribution in [-0.2, 0) is 16.0 Å². The van der Waals surface area contributed by atoms with Gasteiger partial charge in [0.2, 0.25) is 11.8 Å². The number of anilines is 2. The first-order valence-electron chi connectivity index (χ1n) is 8.40. The molecule has 0 unspecified atom stereocenters. The Morgan fingerprint density at radius 3 is 2.73 bits per heavy atom. The maximum Gasteiger partial charge on any atom is 0.244 e. The highest BCUT2D eigenvalue weighted by Gasteiger charge is 2.26. The molecule has 0 atom stereocenters. The van der Waals surface area contributed by atoms with Gasteiger partial charge in [0.25, 0.3) is 0 Å². The number of aromatic nitrogens is 1. The van der Waals surface area contributed by atoms with Crippen LogP contribution in [0.1, 0.15) is 12.3 Å². The SMILES string of the molecule is O=C1CN(C(=O)CCc2ncc(-c3ccccc3)o2)c2ccccc2N1. The van der Waals surface area contributed by atoms with Crippen molar-refractivity contribution in [3.63, 3.8) is 0 Å². The average Bonchev–Trinajstić information content (AvgIpc) is 3.15. The number of nitrogens with one attached hydrogen (secondary N) is 1. The largest absolute Gasteiger partial charge is 0.441 e. The maximum absolute atomic E-state index is 12.6. The third-order valence-electron chi connectivity index (χ3n) is 4.24. The van der Waals surface area contributed by atoms with Gasteiger partial charge in [-0.05, 0) is 12.1 Å². The summed E-state index contributed by atoms with van der Waals surface area (Å²) in [6.07, 6.45) is 2.26. The summed E-state index contributed by atoms with van der Waals surface area (Å²) in [7, 11) is 0. The molecule has 0 spiro atoms. The number of rotatable bonds is 4. The van der Waals surface area contributed by atoms with E-state index in [1.165, 1.54) is 4.90 Å². The standard InChI is InChI=1S/C20H17N3O3/c24-18-13-23(16-9-5-4-8-15(16)22-18)20(25)11-10-19-21-12-17(26-19)14-6-2-1-3-7-14/h1-9,12H,10-11,13H2,(H,22,24). The first-order valence-corrected chi connectivity index (χ1v) is 8.40. The van der Waals surface area contributed by atoms with E-state index in [1.807, 2.05) is 48.5 Å². The van der Waals surface area contributed by atoms with Gasteiger partial charge in [-0.1, -0.05) is 42.5 Å². The molecule has 1 aliphatic heterocycles. The van der Waals surface area contributed by atoms with E-state index < -0.39 is 0 Å². The lowest BCUT2D eigenvalue weighted by atomic mass is 10.1. The predicted molar refractivity (Wildman–Crippen MR) is 97.7 cm³/mol. The summed E-state index contributed by atoms with van der Waals surface area (Å²) in [6, 6.07) is 17.0. The minimum absolute atomic E-state index is 0.0245. The Kier molecular flexibility index (Phi) is 4.23. The number of hydrogen-bond donors (Lipinski definition) is 1. The number of para-hydroxylation sites is 2. The molecule has 6 nitrogen and oxygen atoms in total. The van der Waals surface area contributed by atoms with Gasteiger partial charge >= 0.3 is 0 Å². The molecule has 2 aromatic carbocycles. The van der Waals surface area contributed by atoms with Gasteiger partial charge in [0.1, 0.15) is 6.54 Å². The Bertz CT molecular complexity index is 950. The third kappa shape index (κ3) is 3.21. The maximum atomic E-state index is 12.6. The van der Waals surface area contributed by atoms with Gasteiger partial charge in [-0.3, -0.25) is 9.59 Å². The summed E-state index contributed by atoms with van der Waals surface area (Å²) in [5.74, 6) is 0.856. The van der Waals surface area contributed by atoms with E-state index in [4.69, 9.17) is 4.42 Å². The zero-order valence-electron chi connectivity index (χ0n) is 14.0. The quantitative estimate of drug-likeness (QED) is 0.786. The number of carbonyl (C=O) groups excluding carboxylic acids is 2. The molecule has 4 rings (SSSR count). The highest BCUT2D eigenvalue weighted by molar-refractivity contribution is 6.09. The second-order valence-corrected chi connectivity index (χ2v) is 6.03. The van der Waals surface area contributed by atoms with E-state index in [0.717, 1.165) is 11.3 Å². The van der Waals surface area contributed by atoms with Crippen LogP contribution in [0.3, 0.4) is 0 Å². The molecule has 0 radical (unpaired) electrons. The van der Waals surface area contributed by atoms with Crippen molar-refractivity contribution in [2.45, 2.75) is 12.8 Å². The Hall–Kier alpha value is -3.41. The first-order chi connectivity index (χ1) is 12.7. The average molecular weight is 347 g/mol.